The van der Waals surface area contributed by atoms with Gasteiger partial charge in [0.2, 0.25) is 12.7 Å². The number of rotatable bonds is 5. The summed E-state index contributed by atoms with van der Waals surface area (Å²) in [5, 5.41) is 11.3. The van der Waals surface area contributed by atoms with Crippen LogP contribution in [-0.2, 0) is 4.79 Å². The molecule has 7 nitrogen and oxygen atoms in total. The van der Waals surface area contributed by atoms with Crippen molar-refractivity contribution in [2.75, 3.05) is 6.79 Å². The number of benzene rings is 1. The van der Waals surface area contributed by atoms with Crippen molar-refractivity contribution in [3.05, 3.63) is 33.9 Å². The van der Waals surface area contributed by atoms with Crippen LogP contribution in [-0.4, -0.2) is 34.6 Å². The van der Waals surface area contributed by atoms with Gasteiger partial charge in [0.05, 0.1) is 16.6 Å². The molecule has 0 aromatic heterocycles. The van der Waals surface area contributed by atoms with Gasteiger partial charge in [-0.05, 0) is 37.8 Å². The molecule has 2 saturated carbocycles. The Morgan fingerprint density at radius 3 is 2.38 bits per heavy atom. The average Bonchev–Trinajstić information content (AvgIpc) is 3.36. The van der Waals surface area contributed by atoms with Gasteiger partial charge < -0.3 is 14.4 Å². The Hall–Kier alpha value is -2.57. The van der Waals surface area contributed by atoms with Crippen molar-refractivity contribution in [2.24, 2.45) is 0 Å². The summed E-state index contributed by atoms with van der Waals surface area (Å²) in [4.78, 5) is 25.7. The lowest BCUT2D eigenvalue weighted by Crippen LogP contribution is -2.42. The Labute approximate surface area is 151 Å². The van der Waals surface area contributed by atoms with E-state index in [-0.39, 0.29) is 18.4 Å². The fourth-order valence-electron chi connectivity index (χ4n) is 3.86. The molecule has 0 spiro atoms. The predicted octanol–water partition coefficient (Wildman–Crippen LogP) is 3.66. The summed E-state index contributed by atoms with van der Waals surface area (Å²) in [5.74, 6) is 0.780. The molecule has 4 rings (SSSR count). The minimum atomic E-state index is -0.466. The molecule has 1 aromatic rings. The molecule has 138 valence electrons. The summed E-state index contributed by atoms with van der Waals surface area (Å²) in [6.07, 6.45) is 10.8. The van der Waals surface area contributed by atoms with Gasteiger partial charge in [-0.2, -0.15) is 0 Å². The second-order valence-electron chi connectivity index (χ2n) is 7.12. The first kappa shape index (κ1) is 16.9. The second kappa shape index (κ2) is 6.97. The summed E-state index contributed by atoms with van der Waals surface area (Å²) in [6.45, 7) is 0.0513. The molecule has 7 heteroatoms. The quantitative estimate of drug-likeness (QED) is 0.456. The van der Waals surface area contributed by atoms with Gasteiger partial charge in [0.25, 0.3) is 5.69 Å². The van der Waals surface area contributed by atoms with Crippen LogP contribution in [0, 0.1) is 10.1 Å². The van der Waals surface area contributed by atoms with Gasteiger partial charge in [0.1, 0.15) is 0 Å². The zero-order valence-corrected chi connectivity index (χ0v) is 14.6. The number of carbonyl (C=O) groups is 1. The average molecular weight is 358 g/mol. The molecule has 0 atom stereocenters. The topological polar surface area (TPSA) is 81.9 Å². The van der Waals surface area contributed by atoms with Gasteiger partial charge in [-0.1, -0.05) is 19.3 Å². The lowest BCUT2D eigenvalue weighted by molar-refractivity contribution is -0.385. The van der Waals surface area contributed by atoms with Crippen LogP contribution in [0.3, 0.4) is 0 Å². The number of hydrogen-bond acceptors (Lipinski definition) is 5. The van der Waals surface area contributed by atoms with Gasteiger partial charge in [0.15, 0.2) is 11.5 Å². The van der Waals surface area contributed by atoms with Crippen molar-refractivity contribution < 1.29 is 19.2 Å². The molecule has 2 aliphatic carbocycles. The molecule has 0 N–H and O–H groups in total. The molecule has 2 fully saturated rings. The van der Waals surface area contributed by atoms with Crippen molar-refractivity contribution in [3.8, 4) is 11.5 Å². The molecular formula is C19H22N2O5. The predicted molar refractivity (Wildman–Crippen MR) is 95.0 cm³/mol. The monoisotopic (exact) mass is 358 g/mol. The van der Waals surface area contributed by atoms with E-state index in [1.54, 1.807) is 6.07 Å². The summed E-state index contributed by atoms with van der Waals surface area (Å²) in [5.41, 5.74) is 0.265. The van der Waals surface area contributed by atoms with Crippen LogP contribution >= 0.6 is 0 Å². The van der Waals surface area contributed by atoms with Crippen LogP contribution in [0.25, 0.3) is 6.08 Å². The SMILES string of the molecule is O=C(/C=C/c1cc2c(cc1[N+](=O)[O-])OCO2)N(C1CCCCC1)C1CC1. The number of carbonyl (C=O) groups excluding carboxylic acids is 1. The van der Waals surface area contributed by atoms with Crippen LogP contribution in [0.2, 0.25) is 0 Å². The van der Waals surface area contributed by atoms with Gasteiger partial charge in [-0.25, -0.2) is 0 Å². The lowest BCUT2D eigenvalue weighted by atomic mass is 9.94. The number of amides is 1. The smallest absolute Gasteiger partial charge is 0.280 e. The molecule has 1 amide bonds. The third-order valence-electron chi connectivity index (χ3n) is 5.29. The van der Waals surface area contributed by atoms with Crippen LogP contribution < -0.4 is 9.47 Å². The van der Waals surface area contributed by atoms with E-state index < -0.39 is 4.92 Å². The fourth-order valence-corrected chi connectivity index (χ4v) is 3.86. The van der Waals surface area contributed by atoms with Gasteiger partial charge in [-0.15, -0.1) is 0 Å². The van der Waals surface area contributed by atoms with Crippen molar-refractivity contribution in [1.82, 2.24) is 4.90 Å². The lowest BCUT2D eigenvalue weighted by Gasteiger charge is -2.34. The van der Waals surface area contributed by atoms with E-state index in [1.807, 2.05) is 4.90 Å². The van der Waals surface area contributed by atoms with E-state index in [0.717, 1.165) is 25.7 Å². The van der Waals surface area contributed by atoms with Crippen molar-refractivity contribution in [2.45, 2.75) is 57.0 Å². The molecule has 3 aliphatic rings. The number of hydrogen-bond donors (Lipinski definition) is 0. The first-order valence-corrected chi connectivity index (χ1v) is 9.22. The van der Waals surface area contributed by atoms with E-state index in [0.29, 0.717) is 29.1 Å². The Bertz CT molecular complexity index is 751. The largest absolute Gasteiger partial charge is 0.454 e. The zero-order valence-electron chi connectivity index (χ0n) is 14.6. The number of nitrogens with zero attached hydrogens (tertiary/aromatic N) is 2. The summed E-state index contributed by atoms with van der Waals surface area (Å²) < 4.78 is 10.5. The highest BCUT2D eigenvalue weighted by Crippen LogP contribution is 2.39. The molecule has 26 heavy (non-hydrogen) atoms. The zero-order chi connectivity index (χ0) is 18.1. The first-order chi connectivity index (χ1) is 12.6. The van der Waals surface area contributed by atoms with Crippen LogP contribution in [0.1, 0.15) is 50.5 Å². The summed E-state index contributed by atoms with van der Waals surface area (Å²) >= 11 is 0. The Balaban J connectivity index is 1.56. The molecule has 0 radical (unpaired) electrons. The Morgan fingerprint density at radius 2 is 1.73 bits per heavy atom. The molecule has 0 unspecified atom stereocenters. The van der Waals surface area contributed by atoms with Crippen LogP contribution in [0.5, 0.6) is 11.5 Å². The highest BCUT2D eigenvalue weighted by atomic mass is 16.7. The maximum atomic E-state index is 12.8. The minimum absolute atomic E-state index is 0.0497. The van der Waals surface area contributed by atoms with Crippen LogP contribution in [0.4, 0.5) is 5.69 Å². The van der Waals surface area contributed by atoms with Gasteiger partial charge in [0, 0.05) is 18.2 Å². The highest BCUT2D eigenvalue weighted by molar-refractivity contribution is 5.93. The number of fused-ring (bicyclic) bond motifs is 1. The van der Waals surface area contributed by atoms with E-state index >= 15 is 0 Å². The molecule has 1 aromatic carbocycles. The maximum absolute atomic E-state index is 12.8. The molecule has 0 bridgehead atoms. The molecule has 0 saturated heterocycles. The molecular weight excluding hydrogens is 336 g/mol. The van der Waals surface area contributed by atoms with E-state index in [2.05, 4.69) is 0 Å². The maximum Gasteiger partial charge on any atom is 0.280 e. The number of nitro groups is 1. The number of nitro benzene ring substituents is 1. The normalized spacial score (nSPS) is 19.7. The Morgan fingerprint density at radius 1 is 1.08 bits per heavy atom. The molecule has 1 aliphatic heterocycles. The Kier molecular flexibility index (Phi) is 4.53. The third-order valence-corrected chi connectivity index (χ3v) is 5.29. The third kappa shape index (κ3) is 3.38. The van der Waals surface area contributed by atoms with Gasteiger partial charge in [-0.3, -0.25) is 14.9 Å². The first-order valence-electron chi connectivity index (χ1n) is 9.22. The summed E-state index contributed by atoms with van der Waals surface area (Å²) in [6, 6.07) is 3.56. The highest BCUT2D eigenvalue weighted by Gasteiger charge is 2.36. The minimum Gasteiger partial charge on any atom is -0.454 e. The van der Waals surface area contributed by atoms with Crippen molar-refractivity contribution in [1.29, 1.82) is 0 Å². The van der Waals surface area contributed by atoms with Crippen molar-refractivity contribution >= 4 is 17.7 Å². The standard InChI is InChI=1S/C19H22N2O5/c22-19(20(15-7-8-15)14-4-2-1-3-5-14)9-6-13-10-17-18(26-12-25-17)11-16(13)21(23)24/h6,9-11,14-15H,1-5,7-8,12H2/b9-6+. The number of ether oxygens (including phenoxy) is 2. The van der Waals surface area contributed by atoms with Gasteiger partial charge >= 0.3 is 0 Å². The van der Waals surface area contributed by atoms with E-state index in [1.165, 1.54) is 37.5 Å². The second-order valence-corrected chi connectivity index (χ2v) is 7.12. The fraction of sp³-hybridized carbons (Fsp3) is 0.526. The van der Waals surface area contributed by atoms with Crippen LogP contribution in [0.15, 0.2) is 18.2 Å². The van der Waals surface area contributed by atoms with Crippen molar-refractivity contribution in [3.63, 3.8) is 0 Å². The summed E-state index contributed by atoms with van der Waals surface area (Å²) in [7, 11) is 0. The molecule has 1 heterocycles. The van der Waals surface area contributed by atoms with E-state index in [9.17, 15) is 14.9 Å². The van der Waals surface area contributed by atoms with E-state index in [4.69, 9.17) is 9.47 Å².